The first-order valence-corrected chi connectivity index (χ1v) is 6.42. The van der Waals surface area contributed by atoms with Gasteiger partial charge in [-0.15, -0.1) is 0 Å². The third kappa shape index (κ3) is 2.53. The first-order chi connectivity index (χ1) is 7.08. The first-order valence-electron chi connectivity index (χ1n) is 6.42. The molecule has 2 heteroatoms. The molecule has 1 aliphatic heterocycles. The zero-order valence-corrected chi connectivity index (χ0v) is 10.2. The molecule has 2 rings (SSSR count). The average Bonchev–Trinajstić information content (AvgIpc) is 2.59. The maximum Gasteiger partial charge on any atom is 0.0989 e. The van der Waals surface area contributed by atoms with Crippen molar-refractivity contribution in [2.45, 2.75) is 52.4 Å². The fraction of sp³-hybridized carbons (Fsp3) is 0.923. The van der Waals surface area contributed by atoms with Gasteiger partial charge >= 0.3 is 0 Å². The van der Waals surface area contributed by atoms with Crippen LogP contribution in [0.5, 0.6) is 0 Å². The summed E-state index contributed by atoms with van der Waals surface area (Å²) in [5.41, 5.74) is 0.432. The quantitative estimate of drug-likeness (QED) is 0.519. The molecule has 0 bridgehead atoms. The van der Waals surface area contributed by atoms with E-state index in [2.05, 4.69) is 18.7 Å². The van der Waals surface area contributed by atoms with Gasteiger partial charge in [-0.2, -0.15) is 0 Å². The van der Waals surface area contributed by atoms with Gasteiger partial charge in [0.15, 0.2) is 0 Å². The molecule has 2 aliphatic rings. The number of nitrogens with zero attached hydrogens (tertiary/aromatic N) is 1. The van der Waals surface area contributed by atoms with Crippen LogP contribution in [0, 0.1) is 16.7 Å². The summed E-state index contributed by atoms with van der Waals surface area (Å²) >= 11 is 0. The van der Waals surface area contributed by atoms with Gasteiger partial charge in [-0.3, -0.25) is 5.41 Å². The molecule has 1 aliphatic carbocycles. The Kier molecular flexibility index (Phi) is 3.03. The van der Waals surface area contributed by atoms with E-state index in [-0.39, 0.29) is 0 Å². The third-order valence-corrected chi connectivity index (χ3v) is 4.01. The van der Waals surface area contributed by atoms with Crippen molar-refractivity contribution < 1.29 is 0 Å². The molecule has 1 saturated heterocycles. The summed E-state index contributed by atoms with van der Waals surface area (Å²) in [4.78, 5) is 2.33. The molecule has 1 saturated carbocycles. The molecule has 15 heavy (non-hydrogen) atoms. The fourth-order valence-corrected chi connectivity index (χ4v) is 2.95. The number of likely N-dealkylation sites (tertiary alicyclic amines) is 1. The van der Waals surface area contributed by atoms with Crippen LogP contribution in [0.4, 0.5) is 0 Å². The second-order valence-electron chi connectivity index (χ2n) is 6.06. The molecular formula is C13H24N2. The van der Waals surface area contributed by atoms with Gasteiger partial charge in [0, 0.05) is 19.0 Å². The molecule has 0 atom stereocenters. The number of rotatable bonds is 1. The summed E-state index contributed by atoms with van der Waals surface area (Å²) in [7, 11) is 0. The van der Waals surface area contributed by atoms with Crippen LogP contribution >= 0.6 is 0 Å². The van der Waals surface area contributed by atoms with E-state index in [9.17, 15) is 0 Å². The predicted molar refractivity (Wildman–Crippen MR) is 64.3 cm³/mol. The van der Waals surface area contributed by atoms with Crippen molar-refractivity contribution in [2.24, 2.45) is 11.3 Å². The largest absolute Gasteiger partial charge is 0.360 e. The molecule has 0 spiro atoms. The molecule has 0 aromatic heterocycles. The zero-order chi connectivity index (χ0) is 10.9. The standard InChI is InChI=1S/C13H24N2/c1-13(2)8-9-15(10-13)12(14)11-6-4-3-5-7-11/h11,14H,3-10H2,1-2H3. The number of hydrogen-bond donors (Lipinski definition) is 1. The topological polar surface area (TPSA) is 27.1 Å². The summed E-state index contributed by atoms with van der Waals surface area (Å²) in [6.07, 6.45) is 7.83. The molecule has 1 N–H and O–H groups in total. The highest BCUT2D eigenvalue weighted by molar-refractivity contribution is 5.82. The second kappa shape index (κ2) is 4.15. The van der Waals surface area contributed by atoms with Gasteiger partial charge in [-0.05, 0) is 24.7 Å². The van der Waals surface area contributed by atoms with Crippen molar-refractivity contribution >= 4 is 5.84 Å². The minimum atomic E-state index is 0.432. The summed E-state index contributed by atoms with van der Waals surface area (Å²) in [5.74, 6) is 1.52. The lowest BCUT2D eigenvalue weighted by Gasteiger charge is -2.30. The van der Waals surface area contributed by atoms with Crippen molar-refractivity contribution in [3.8, 4) is 0 Å². The molecule has 2 fully saturated rings. The predicted octanol–water partition coefficient (Wildman–Crippen LogP) is 3.28. The average molecular weight is 208 g/mol. The van der Waals surface area contributed by atoms with E-state index >= 15 is 0 Å². The van der Waals surface area contributed by atoms with Crippen molar-refractivity contribution in [1.29, 1.82) is 5.41 Å². The maximum absolute atomic E-state index is 8.28. The smallest absolute Gasteiger partial charge is 0.0989 e. The number of nitrogens with one attached hydrogen (secondary N) is 1. The fourth-order valence-electron chi connectivity index (χ4n) is 2.95. The minimum Gasteiger partial charge on any atom is -0.360 e. The Hall–Kier alpha value is -0.530. The van der Waals surface area contributed by atoms with E-state index in [1.165, 1.54) is 38.5 Å². The van der Waals surface area contributed by atoms with Gasteiger partial charge in [0.1, 0.15) is 0 Å². The van der Waals surface area contributed by atoms with Gasteiger partial charge in [0.05, 0.1) is 5.84 Å². The maximum atomic E-state index is 8.28. The van der Waals surface area contributed by atoms with Crippen LogP contribution < -0.4 is 0 Å². The Morgan fingerprint density at radius 3 is 2.40 bits per heavy atom. The van der Waals surface area contributed by atoms with E-state index in [4.69, 9.17) is 5.41 Å². The zero-order valence-electron chi connectivity index (χ0n) is 10.2. The first kappa shape index (κ1) is 11.0. The minimum absolute atomic E-state index is 0.432. The second-order valence-corrected chi connectivity index (χ2v) is 6.06. The number of amidine groups is 1. The van der Waals surface area contributed by atoms with Crippen molar-refractivity contribution in [1.82, 2.24) is 4.90 Å². The molecular weight excluding hydrogens is 184 g/mol. The lowest BCUT2D eigenvalue weighted by atomic mass is 9.88. The van der Waals surface area contributed by atoms with Gasteiger partial charge in [0.25, 0.3) is 0 Å². The van der Waals surface area contributed by atoms with Crippen LogP contribution in [0.3, 0.4) is 0 Å². The van der Waals surface area contributed by atoms with E-state index in [0.717, 1.165) is 18.9 Å². The van der Waals surface area contributed by atoms with E-state index in [1.807, 2.05) is 0 Å². The van der Waals surface area contributed by atoms with Crippen molar-refractivity contribution in [3.05, 3.63) is 0 Å². The normalized spacial score (nSPS) is 26.9. The lowest BCUT2D eigenvalue weighted by Crippen LogP contribution is -2.35. The molecule has 0 unspecified atom stereocenters. The van der Waals surface area contributed by atoms with Crippen LogP contribution in [0.25, 0.3) is 0 Å². The van der Waals surface area contributed by atoms with Crippen LogP contribution in [0.2, 0.25) is 0 Å². The molecule has 0 radical (unpaired) electrons. The highest BCUT2D eigenvalue weighted by Crippen LogP contribution is 2.32. The summed E-state index contributed by atoms with van der Waals surface area (Å²) in [6, 6.07) is 0. The molecule has 0 amide bonds. The van der Waals surface area contributed by atoms with Crippen LogP contribution in [0.15, 0.2) is 0 Å². The van der Waals surface area contributed by atoms with Crippen molar-refractivity contribution in [2.75, 3.05) is 13.1 Å². The molecule has 1 heterocycles. The van der Waals surface area contributed by atoms with E-state index in [0.29, 0.717) is 11.3 Å². The van der Waals surface area contributed by atoms with E-state index < -0.39 is 0 Å². The molecule has 86 valence electrons. The van der Waals surface area contributed by atoms with E-state index in [1.54, 1.807) is 0 Å². The Bertz CT molecular complexity index is 239. The molecule has 0 aromatic rings. The Labute approximate surface area is 93.6 Å². The lowest BCUT2D eigenvalue weighted by molar-refractivity contribution is 0.347. The monoisotopic (exact) mass is 208 g/mol. The van der Waals surface area contributed by atoms with Gasteiger partial charge < -0.3 is 4.90 Å². The Morgan fingerprint density at radius 2 is 1.87 bits per heavy atom. The van der Waals surface area contributed by atoms with Crippen molar-refractivity contribution in [3.63, 3.8) is 0 Å². The number of hydrogen-bond acceptors (Lipinski definition) is 1. The van der Waals surface area contributed by atoms with Crippen LogP contribution in [-0.2, 0) is 0 Å². The third-order valence-electron chi connectivity index (χ3n) is 4.01. The van der Waals surface area contributed by atoms with Gasteiger partial charge in [-0.1, -0.05) is 33.1 Å². The molecule has 0 aromatic carbocycles. The van der Waals surface area contributed by atoms with Crippen LogP contribution in [0.1, 0.15) is 52.4 Å². The van der Waals surface area contributed by atoms with Gasteiger partial charge in [0.2, 0.25) is 0 Å². The SMILES string of the molecule is CC1(C)CCN(C(=N)C2CCCCC2)C1. The summed E-state index contributed by atoms with van der Waals surface area (Å²) in [5, 5.41) is 8.28. The Balaban J connectivity index is 1.90. The highest BCUT2D eigenvalue weighted by atomic mass is 15.2. The molecule has 2 nitrogen and oxygen atoms in total. The van der Waals surface area contributed by atoms with Gasteiger partial charge in [-0.25, -0.2) is 0 Å². The Morgan fingerprint density at radius 1 is 1.20 bits per heavy atom. The highest BCUT2D eigenvalue weighted by Gasteiger charge is 2.33. The summed E-state index contributed by atoms with van der Waals surface area (Å²) < 4.78 is 0. The van der Waals surface area contributed by atoms with Crippen LogP contribution in [-0.4, -0.2) is 23.8 Å². The summed E-state index contributed by atoms with van der Waals surface area (Å²) in [6.45, 7) is 6.85.